The summed E-state index contributed by atoms with van der Waals surface area (Å²) in [5, 5.41) is 31.0. The van der Waals surface area contributed by atoms with Crippen LogP contribution >= 0.6 is 0 Å². The summed E-state index contributed by atoms with van der Waals surface area (Å²) in [5.41, 5.74) is 3.43. The minimum atomic E-state index is -0.783. The number of ether oxygens (including phenoxy) is 2. The molecule has 2 aromatic rings. The number of nitrogens with one attached hydrogen (secondary N) is 1. The first kappa shape index (κ1) is 29.2. The van der Waals surface area contributed by atoms with Crippen LogP contribution in [0.25, 0.3) is 0 Å². The normalized spacial score (nSPS) is 23.5. The Hall–Kier alpha value is -2.82. The lowest BCUT2D eigenvalue weighted by molar-refractivity contribution is -0.252. The number of carboxylic acid groups (broad SMARTS) is 1. The van der Waals surface area contributed by atoms with Gasteiger partial charge in [-0.1, -0.05) is 49.2 Å². The maximum Gasteiger partial charge on any atom is 0.303 e. The zero-order chi connectivity index (χ0) is 27.6. The molecule has 2 aliphatic heterocycles. The molecule has 1 amide bonds. The summed E-state index contributed by atoms with van der Waals surface area (Å²) in [6.07, 6.45) is 3.91. The van der Waals surface area contributed by atoms with Crippen LogP contribution in [0.2, 0.25) is 0 Å². The Morgan fingerprint density at radius 1 is 0.923 bits per heavy atom. The summed E-state index contributed by atoms with van der Waals surface area (Å²) in [4.78, 5) is 25.1. The number of aliphatic hydroxyl groups excluding tert-OH is 2. The van der Waals surface area contributed by atoms with Gasteiger partial charge in [-0.2, -0.15) is 0 Å². The van der Waals surface area contributed by atoms with Crippen LogP contribution in [0.15, 0.2) is 48.5 Å². The van der Waals surface area contributed by atoms with Crippen molar-refractivity contribution in [2.24, 2.45) is 0 Å². The SMILES string of the molecule is O=C(O)CCCCCCC(=O)Nc1ccc([C@@H]2O[C@H](CN3CC[C@H](O)C3)C[C@H](c3ccc(CO)cc3)O2)cc1. The maximum absolute atomic E-state index is 12.3. The molecule has 2 saturated heterocycles. The number of amides is 1. The number of unbranched alkanes of at least 4 members (excludes halogenated alkanes) is 3. The molecule has 4 atom stereocenters. The topological polar surface area (TPSA) is 129 Å². The van der Waals surface area contributed by atoms with E-state index >= 15 is 0 Å². The van der Waals surface area contributed by atoms with Crippen LogP contribution in [0, 0.1) is 0 Å². The minimum Gasteiger partial charge on any atom is -0.481 e. The standard InChI is InChI=1S/C30H40N2O7/c33-20-21-7-9-22(10-8-21)27-17-26(19-32-16-15-25(34)18-32)38-30(39-27)23-11-13-24(14-12-23)31-28(35)5-3-1-2-4-6-29(36)37/h7-14,25-27,30,33-34H,1-6,15-20H2,(H,31,35)(H,36,37)/t25-,26-,27+,30+/m0/s1. The van der Waals surface area contributed by atoms with Gasteiger partial charge in [0.15, 0.2) is 6.29 Å². The number of carbonyl (C=O) groups excluding carboxylic acids is 1. The molecule has 9 nitrogen and oxygen atoms in total. The van der Waals surface area contributed by atoms with Gasteiger partial charge in [0.2, 0.25) is 5.91 Å². The average molecular weight is 541 g/mol. The predicted octanol–water partition coefficient (Wildman–Crippen LogP) is 4.15. The molecule has 2 fully saturated rings. The molecule has 0 aromatic heterocycles. The number of hydrogen-bond acceptors (Lipinski definition) is 7. The molecule has 4 N–H and O–H groups in total. The minimum absolute atomic E-state index is 0.00681. The van der Waals surface area contributed by atoms with Crippen molar-refractivity contribution in [2.75, 3.05) is 25.0 Å². The van der Waals surface area contributed by atoms with Crippen molar-refractivity contribution in [3.63, 3.8) is 0 Å². The fourth-order valence-electron chi connectivity index (χ4n) is 5.16. The van der Waals surface area contributed by atoms with E-state index in [1.54, 1.807) is 0 Å². The van der Waals surface area contributed by atoms with Crippen molar-refractivity contribution >= 4 is 17.6 Å². The second-order valence-corrected chi connectivity index (χ2v) is 10.5. The highest BCUT2D eigenvalue weighted by Crippen LogP contribution is 2.38. The molecular formula is C30H40N2O7. The van der Waals surface area contributed by atoms with Crippen LogP contribution in [0.4, 0.5) is 5.69 Å². The first-order valence-electron chi connectivity index (χ1n) is 13.9. The quantitative estimate of drug-likeness (QED) is 0.279. The summed E-state index contributed by atoms with van der Waals surface area (Å²) < 4.78 is 12.8. The molecule has 0 aliphatic carbocycles. The molecule has 0 radical (unpaired) electrons. The Kier molecular flexibility index (Phi) is 10.9. The molecule has 0 saturated carbocycles. The predicted molar refractivity (Wildman–Crippen MR) is 146 cm³/mol. The van der Waals surface area contributed by atoms with Crippen LogP contribution in [-0.4, -0.2) is 63.9 Å². The number of benzene rings is 2. The largest absolute Gasteiger partial charge is 0.481 e. The second kappa shape index (κ2) is 14.5. The van der Waals surface area contributed by atoms with Crippen LogP contribution < -0.4 is 5.32 Å². The van der Waals surface area contributed by atoms with E-state index in [0.29, 0.717) is 38.0 Å². The first-order valence-corrected chi connectivity index (χ1v) is 13.9. The van der Waals surface area contributed by atoms with Crippen LogP contribution in [0.3, 0.4) is 0 Å². The average Bonchev–Trinajstić information content (AvgIpc) is 3.35. The van der Waals surface area contributed by atoms with E-state index < -0.39 is 12.3 Å². The van der Waals surface area contributed by atoms with E-state index in [0.717, 1.165) is 48.9 Å². The molecule has 2 aromatic carbocycles. The van der Waals surface area contributed by atoms with Gasteiger partial charge in [0.25, 0.3) is 0 Å². The van der Waals surface area contributed by atoms with Crippen molar-refractivity contribution in [1.82, 2.24) is 4.90 Å². The smallest absolute Gasteiger partial charge is 0.303 e. The third-order valence-corrected chi connectivity index (χ3v) is 7.34. The number of hydrogen-bond donors (Lipinski definition) is 4. The van der Waals surface area contributed by atoms with Gasteiger partial charge in [-0.15, -0.1) is 0 Å². The molecule has 39 heavy (non-hydrogen) atoms. The lowest BCUT2D eigenvalue weighted by Gasteiger charge is -2.37. The molecule has 0 unspecified atom stereocenters. The van der Waals surface area contributed by atoms with E-state index in [1.807, 2.05) is 48.5 Å². The fraction of sp³-hybridized carbons (Fsp3) is 0.533. The maximum atomic E-state index is 12.3. The monoisotopic (exact) mass is 540 g/mol. The second-order valence-electron chi connectivity index (χ2n) is 10.5. The number of carboxylic acids is 1. The number of carbonyl (C=O) groups is 2. The van der Waals surface area contributed by atoms with Gasteiger partial charge >= 0.3 is 5.97 Å². The summed E-state index contributed by atoms with van der Waals surface area (Å²) in [5.74, 6) is -0.847. The van der Waals surface area contributed by atoms with E-state index in [4.69, 9.17) is 14.6 Å². The summed E-state index contributed by atoms with van der Waals surface area (Å²) in [7, 11) is 0. The summed E-state index contributed by atoms with van der Waals surface area (Å²) in [6.45, 7) is 2.21. The first-order chi connectivity index (χ1) is 18.9. The van der Waals surface area contributed by atoms with Crippen molar-refractivity contribution in [3.8, 4) is 0 Å². The molecule has 212 valence electrons. The number of anilines is 1. The number of likely N-dealkylation sites (tertiary alicyclic amines) is 1. The van der Waals surface area contributed by atoms with Crippen molar-refractivity contribution in [1.29, 1.82) is 0 Å². The highest BCUT2D eigenvalue weighted by Gasteiger charge is 2.34. The Labute approximate surface area is 229 Å². The molecular weight excluding hydrogens is 500 g/mol. The van der Waals surface area contributed by atoms with E-state index in [1.165, 1.54) is 0 Å². The Morgan fingerprint density at radius 3 is 2.26 bits per heavy atom. The molecule has 2 heterocycles. The number of rotatable bonds is 13. The highest BCUT2D eigenvalue weighted by molar-refractivity contribution is 5.90. The van der Waals surface area contributed by atoms with Crippen LogP contribution in [0.1, 0.15) is 80.5 Å². The molecule has 0 bridgehead atoms. The Morgan fingerprint density at radius 2 is 1.62 bits per heavy atom. The zero-order valence-corrected chi connectivity index (χ0v) is 22.3. The molecule has 4 rings (SSSR count). The number of β-amino-alcohol motifs (C(OH)–C–C–N with tert-alkyl or cyclic N) is 1. The van der Waals surface area contributed by atoms with E-state index in [-0.39, 0.29) is 37.2 Å². The Bertz CT molecular complexity index is 1060. The third-order valence-electron chi connectivity index (χ3n) is 7.34. The van der Waals surface area contributed by atoms with Crippen LogP contribution in [-0.2, 0) is 25.7 Å². The van der Waals surface area contributed by atoms with E-state index in [2.05, 4.69) is 10.2 Å². The molecule has 0 spiro atoms. The van der Waals surface area contributed by atoms with Gasteiger partial charge in [0.05, 0.1) is 24.9 Å². The lowest BCUT2D eigenvalue weighted by Crippen LogP contribution is -2.38. The third kappa shape index (κ3) is 9.12. The lowest BCUT2D eigenvalue weighted by atomic mass is 9.99. The van der Waals surface area contributed by atoms with E-state index in [9.17, 15) is 19.8 Å². The van der Waals surface area contributed by atoms with Gasteiger partial charge in [0.1, 0.15) is 0 Å². The molecule has 2 aliphatic rings. The molecule has 9 heteroatoms. The van der Waals surface area contributed by atoms with Crippen LogP contribution in [0.5, 0.6) is 0 Å². The van der Waals surface area contributed by atoms with Gasteiger partial charge in [-0.05, 0) is 42.5 Å². The summed E-state index contributed by atoms with van der Waals surface area (Å²) >= 11 is 0. The van der Waals surface area contributed by atoms with Gasteiger partial charge in [0, 0.05) is 50.1 Å². The zero-order valence-electron chi connectivity index (χ0n) is 22.3. The van der Waals surface area contributed by atoms with Crippen molar-refractivity contribution < 1.29 is 34.4 Å². The Balaban J connectivity index is 1.34. The highest BCUT2D eigenvalue weighted by atomic mass is 16.7. The fourth-order valence-corrected chi connectivity index (χ4v) is 5.16. The summed E-state index contributed by atoms with van der Waals surface area (Å²) in [6, 6.07) is 15.3. The van der Waals surface area contributed by atoms with Crippen molar-refractivity contribution in [3.05, 3.63) is 65.2 Å². The van der Waals surface area contributed by atoms with Gasteiger partial charge in [-0.25, -0.2) is 0 Å². The number of nitrogens with zero attached hydrogens (tertiary/aromatic N) is 1. The number of aliphatic carboxylic acids is 1. The van der Waals surface area contributed by atoms with Gasteiger partial charge < -0.3 is 30.1 Å². The van der Waals surface area contributed by atoms with Crippen molar-refractivity contribution in [2.45, 2.75) is 82.6 Å². The van der Waals surface area contributed by atoms with Gasteiger partial charge in [-0.3, -0.25) is 14.5 Å². The number of aliphatic hydroxyl groups is 2.